The van der Waals surface area contributed by atoms with Gasteiger partial charge in [-0.15, -0.1) is 0 Å². The molecule has 37 heavy (non-hydrogen) atoms. The van der Waals surface area contributed by atoms with Crippen LogP contribution in [0.25, 0.3) is 11.7 Å². The SMILES string of the molecule is Cc1ccc(Oc2nc3c(C)cccn3c(=O)c2/C=C2/SC(=S)N(Cc3ccccc3Cl)C2=O)c(C)c1. The van der Waals surface area contributed by atoms with Crippen molar-refractivity contribution in [3.05, 3.63) is 109 Å². The summed E-state index contributed by atoms with van der Waals surface area (Å²) in [6.45, 7) is 6.04. The van der Waals surface area contributed by atoms with E-state index in [1.54, 1.807) is 18.3 Å². The van der Waals surface area contributed by atoms with E-state index in [0.717, 1.165) is 34.0 Å². The van der Waals surface area contributed by atoms with Crippen LogP contribution in [0.3, 0.4) is 0 Å². The van der Waals surface area contributed by atoms with E-state index in [4.69, 9.17) is 33.5 Å². The fourth-order valence-electron chi connectivity index (χ4n) is 4.08. The minimum absolute atomic E-state index is 0.127. The molecule has 4 aromatic rings. The third-order valence-electron chi connectivity index (χ3n) is 6.02. The Morgan fingerprint density at radius 1 is 1.05 bits per heavy atom. The summed E-state index contributed by atoms with van der Waals surface area (Å²) in [6.07, 6.45) is 3.17. The van der Waals surface area contributed by atoms with Crippen LogP contribution in [0.4, 0.5) is 0 Å². The lowest BCUT2D eigenvalue weighted by atomic mass is 10.1. The number of benzene rings is 2. The summed E-state index contributed by atoms with van der Waals surface area (Å²) in [5.74, 6) is 0.403. The van der Waals surface area contributed by atoms with Gasteiger partial charge in [-0.1, -0.05) is 77.5 Å². The average Bonchev–Trinajstić information content (AvgIpc) is 3.12. The molecule has 1 fully saturated rings. The van der Waals surface area contributed by atoms with Gasteiger partial charge in [0.15, 0.2) is 0 Å². The van der Waals surface area contributed by atoms with E-state index in [0.29, 0.717) is 25.6 Å². The van der Waals surface area contributed by atoms with Crippen molar-refractivity contribution in [1.29, 1.82) is 0 Å². The third-order valence-corrected chi connectivity index (χ3v) is 7.77. The number of aryl methyl sites for hydroxylation is 3. The van der Waals surface area contributed by atoms with Crippen molar-refractivity contribution in [2.45, 2.75) is 27.3 Å². The highest BCUT2D eigenvalue weighted by atomic mass is 35.5. The number of pyridine rings is 1. The highest BCUT2D eigenvalue weighted by Gasteiger charge is 2.33. The minimum atomic E-state index is -0.343. The number of thiocarbonyl (C=S) groups is 1. The number of hydrogen-bond acceptors (Lipinski definition) is 6. The van der Waals surface area contributed by atoms with Crippen LogP contribution in [0.5, 0.6) is 11.6 Å². The number of thioether (sulfide) groups is 1. The Labute approximate surface area is 228 Å². The molecular weight excluding hydrogens is 526 g/mol. The summed E-state index contributed by atoms with van der Waals surface area (Å²) in [5.41, 5.74) is 3.91. The third kappa shape index (κ3) is 4.92. The van der Waals surface area contributed by atoms with E-state index >= 15 is 0 Å². The molecule has 6 nitrogen and oxygen atoms in total. The monoisotopic (exact) mass is 547 g/mol. The normalized spacial score (nSPS) is 14.7. The predicted octanol–water partition coefficient (Wildman–Crippen LogP) is 6.47. The first-order valence-electron chi connectivity index (χ1n) is 11.5. The summed E-state index contributed by atoms with van der Waals surface area (Å²) in [4.78, 5) is 33.5. The van der Waals surface area contributed by atoms with E-state index < -0.39 is 0 Å². The van der Waals surface area contributed by atoms with Crippen molar-refractivity contribution >= 4 is 57.5 Å². The van der Waals surface area contributed by atoms with E-state index in [1.165, 1.54) is 15.4 Å². The van der Waals surface area contributed by atoms with Gasteiger partial charge in [-0.05, 0) is 61.7 Å². The second kappa shape index (κ2) is 10.1. The van der Waals surface area contributed by atoms with Crippen molar-refractivity contribution in [3.8, 4) is 11.6 Å². The predicted molar refractivity (Wildman–Crippen MR) is 152 cm³/mol. The number of halogens is 1. The topological polar surface area (TPSA) is 63.9 Å². The van der Waals surface area contributed by atoms with Crippen LogP contribution in [0, 0.1) is 20.8 Å². The smallest absolute Gasteiger partial charge is 0.269 e. The van der Waals surface area contributed by atoms with Gasteiger partial charge in [0.25, 0.3) is 11.5 Å². The first kappa shape index (κ1) is 25.2. The largest absolute Gasteiger partial charge is 0.438 e. The van der Waals surface area contributed by atoms with Crippen LogP contribution in [0.1, 0.15) is 27.8 Å². The molecule has 9 heteroatoms. The van der Waals surface area contributed by atoms with Gasteiger partial charge in [-0.3, -0.25) is 18.9 Å². The molecule has 3 heterocycles. The molecule has 1 aliphatic heterocycles. The van der Waals surface area contributed by atoms with E-state index in [-0.39, 0.29) is 29.5 Å². The van der Waals surface area contributed by atoms with Gasteiger partial charge in [0.1, 0.15) is 21.3 Å². The van der Waals surface area contributed by atoms with Gasteiger partial charge in [0, 0.05) is 11.2 Å². The van der Waals surface area contributed by atoms with Gasteiger partial charge in [-0.25, -0.2) is 0 Å². The maximum absolute atomic E-state index is 13.6. The fourth-order valence-corrected chi connectivity index (χ4v) is 5.51. The van der Waals surface area contributed by atoms with Crippen molar-refractivity contribution in [3.63, 3.8) is 0 Å². The zero-order valence-electron chi connectivity index (χ0n) is 20.3. The summed E-state index contributed by atoms with van der Waals surface area (Å²) in [5, 5.41) is 0.553. The Bertz CT molecular complexity index is 1680. The van der Waals surface area contributed by atoms with Crippen LogP contribution in [0.2, 0.25) is 5.02 Å². The Balaban J connectivity index is 1.60. The van der Waals surface area contributed by atoms with Crippen molar-refractivity contribution in [2.24, 2.45) is 0 Å². The van der Waals surface area contributed by atoms with Crippen LogP contribution < -0.4 is 10.3 Å². The zero-order valence-corrected chi connectivity index (χ0v) is 22.7. The van der Waals surface area contributed by atoms with Crippen molar-refractivity contribution < 1.29 is 9.53 Å². The highest BCUT2D eigenvalue weighted by molar-refractivity contribution is 8.26. The molecule has 0 bridgehead atoms. The number of ether oxygens (including phenoxy) is 1. The molecule has 5 rings (SSSR count). The standard InChI is InChI=1S/C28H22ClN3O3S2/c1-16-10-11-22(18(3)13-16)35-25-20(26(33)31-12-6-7-17(2)24(31)30-25)14-23-27(34)32(28(36)37-23)15-19-8-4-5-9-21(19)29/h4-14H,15H2,1-3H3/b23-14+. The summed E-state index contributed by atoms with van der Waals surface area (Å²) in [7, 11) is 0. The Kier molecular flexibility index (Phi) is 6.90. The van der Waals surface area contributed by atoms with Gasteiger partial charge >= 0.3 is 0 Å². The number of rotatable bonds is 5. The Hall–Kier alpha value is -3.46. The number of fused-ring (bicyclic) bond motifs is 1. The van der Waals surface area contributed by atoms with Crippen LogP contribution in [0.15, 0.2) is 70.5 Å². The minimum Gasteiger partial charge on any atom is -0.438 e. The first-order chi connectivity index (χ1) is 17.7. The number of aromatic nitrogens is 2. The highest BCUT2D eigenvalue weighted by Crippen LogP contribution is 2.36. The summed E-state index contributed by atoms with van der Waals surface area (Å²) < 4.78 is 8.04. The molecule has 186 valence electrons. The van der Waals surface area contributed by atoms with Gasteiger partial charge in [0.2, 0.25) is 5.88 Å². The molecule has 2 aromatic carbocycles. The molecule has 1 amide bonds. The number of hydrogen-bond donors (Lipinski definition) is 0. The van der Waals surface area contributed by atoms with Crippen LogP contribution in [-0.2, 0) is 11.3 Å². The average molecular weight is 548 g/mol. The van der Waals surface area contributed by atoms with Crippen LogP contribution >= 0.6 is 35.6 Å². The molecule has 0 unspecified atom stereocenters. The zero-order chi connectivity index (χ0) is 26.3. The number of amides is 1. The second-order valence-electron chi connectivity index (χ2n) is 8.75. The Morgan fingerprint density at radius 3 is 2.59 bits per heavy atom. The van der Waals surface area contributed by atoms with Gasteiger partial charge in [-0.2, -0.15) is 4.98 Å². The summed E-state index contributed by atoms with van der Waals surface area (Å²) in [6, 6.07) is 16.7. The number of carbonyl (C=O) groups excluding carboxylic acids is 1. The van der Waals surface area contributed by atoms with Crippen LogP contribution in [-0.4, -0.2) is 24.5 Å². The molecular formula is C28H22ClN3O3S2. The fraction of sp³-hybridized carbons (Fsp3) is 0.143. The second-order valence-corrected chi connectivity index (χ2v) is 10.8. The maximum atomic E-state index is 13.6. The first-order valence-corrected chi connectivity index (χ1v) is 13.1. The molecule has 1 saturated heterocycles. The number of nitrogens with zero attached hydrogens (tertiary/aromatic N) is 3. The molecule has 0 spiro atoms. The molecule has 0 aliphatic carbocycles. The molecule has 0 atom stereocenters. The maximum Gasteiger partial charge on any atom is 0.269 e. The van der Waals surface area contributed by atoms with Gasteiger partial charge in [0.05, 0.1) is 11.4 Å². The molecule has 0 radical (unpaired) electrons. The lowest BCUT2D eigenvalue weighted by Gasteiger charge is -2.15. The Morgan fingerprint density at radius 2 is 1.84 bits per heavy atom. The summed E-state index contributed by atoms with van der Waals surface area (Å²) >= 11 is 12.9. The quantitative estimate of drug-likeness (QED) is 0.211. The lowest BCUT2D eigenvalue weighted by molar-refractivity contribution is -0.122. The molecule has 0 saturated carbocycles. The molecule has 1 aliphatic rings. The lowest BCUT2D eigenvalue weighted by Crippen LogP contribution is -2.27. The van der Waals surface area contributed by atoms with E-state index in [9.17, 15) is 9.59 Å². The number of carbonyl (C=O) groups is 1. The van der Waals surface area contributed by atoms with Gasteiger partial charge < -0.3 is 4.74 Å². The van der Waals surface area contributed by atoms with E-state index in [2.05, 4.69) is 0 Å². The van der Waals surface area contributed by atoms with Crippen molar-refractivity contribution in [2.75, 3.05) is 0 Å². The molecule has 0 N–H and O–H groups in total. The van der Waals surface area contributed by atoms with E-state index in [1.807, 2.05) is 63.2 Å². The van der Waals surface area contributed by atoms with Crippen molar-refractivity contribution in [1.82, 2.24) is 14.3 Å². The molecule has 2 aromatic heterocycles.